The normalized spacial score (nSPS) is 12.5. The van der Waals surface area contributed by atoms with Crippen LogP contribution in [-0.4, -0.2) is 16.4 Å². The van der Waals surface area contributed by atoms with Gasteiger partial charge in [-0.15, -0.1) is 0 Å². The van der Waals surface area contributed by atoms with Crippen molar-refractivity contribution in [3.05, 3.63) is 76.0 Å². The molecule has 3 N–H and O–H groups in total. The predicted molar refractivity (Wildman–Crippen MR) is 106 cm³/mol. The van der Waals surface area contributed by atoms with E-state index < -0.39 is 53.0 Å². The molecular formula is C21H17F4N3O3. The summed E-state index contributed by atoms with van der Waals surface area (Å²) in [7, 11) is 0. The molecule has 0 aliphatic carbocycles. The van der Waals surface area contributed by atoms with E-state index >= 15 is 0 Å². The number of hydrogen-bond acceptors (Lipinski definition) is 3. The maximum absolute atomic E-state index is 14.0. The minimum absolute atomic E-state index is 0.156. The minimum atomic E-state index is -4.82. The highest BCUT2D eigenvalue weighted by Crippen LogP contribution is 2.33. The van der Waals surface area contributed by atoms with E-state index in [9.17, 15) is 31.9 Å². The van der Waals surface area contributed by atoms with Gasteiger partial charge < -0.3 is 15.6 Å². The second-order valence-corrected chi connectivity index (χ2v) is 6.86. The Hall–Kier alpha value is -3.69. The maximum atomic E-state index is 14.0. The van der Waals surface area contributed by atoms with Crippen LogP contribution < -0.4 is 16.6 Å². The molecule has 0 saturated heterocycles. The SMILES string of the molecule is CC(C(N)=O)n1ccc2c(NC(=O)Cc3c(F)cccc3C(F)(F)F)cccc2c1=O. The van der Waals surface area contributed by atoms with Crippen molar-refractivity contribution in [2.75, 3.05) is 5.32 Å². The summed E-state index contributed by atoms with van der Waals surface area (Å²) >= 11 is 0. The highest BCUT2D eigenvalue weighted by molar-refractivity contribution is 6.02. The van der Waals surface area contributed by atoms with Crippen LogP contribution in [-0.2, 0) is 22.2 Å². The fourth-order valence-corrected chi connectivity index (χ4v) is 3.20. The number of amides is 2. The lowest BCUT2D eigenvalue weighted by Crippen LogP contribution is -2.31. The van der Waals surface area contributed by atoms with Gasteiger partial charge in [-0.25, -0.2) is 4.39 Å². The Balaban J connectivity index is 1.95. The average Bonchev–Trinajstić information content (AvgIpc) is 2.69. The van der Waals surface area contributed by atoms with Crippen LogP contribution in [0.4, 0.5) is 23.2 Å². The molecule has 0 spiro atoms. The predicted octanol–water partition coefficient (Wildman–Crippen LogP) is 3.39. The second kappa shape index (κ2) is 8.21. The molecule has 0 fully saturated rings. The lowest BCUT2D eigenvalue weighted by atomic mass is 10.0. The number of carbonyl (C=O) groups excluding carboxylic acids is 2. The first-order valence-corrected chi connectivity index (χ1v) is 9.08. The summed E-state index contributed by atoms with van der Waals surface area (Å²) in [5.41, 5.74) is 2.86. The quantitative estimate of drug-likeness (QED) is 0.602. The third kappa shape index (κ3) is 4.42. The summed E-state index contributed by atoms with van der Waals surface area (Å²) in [5.74, 6) is -2.75. The van der Waals surface area contributed by atoms with E-state index in [1.165, 1.54) is 37.4 Å². The number of anilines is 1. The third-order valence-corrected chi connectivity index (χ3v) is 4.84. The standard InChI is InChI=1S/C21H17F4N3O3/c1-11(19(26)30)28-9-8-12-13(20(28)31)4-2-7-17(12)27-18(29)10-14-15(21(23,24)25)5-3-6-16(14)22/h2-9,11H,10H2,1H3,(H2,26,30)(H,27,29). The molecule has 10 heteroatoms. The van der Waals surface area contributed by atoms with E-state index in [2.05, 4.69) is 5.32 Å². The van der Waals surface area contributed by atoms with Crippen LogP contribution in [0.1, 0.15) is 24.1 Å². The van der Waals surface area contributed by atoms with E-state index in [0.717, 1.165) is 16.7 Å². The Morgan fingerprint density at radius 3 is 2.42 bits per heavy atom. The molecule has 6 nitrogen and oxygen atoms in total. The number of nitrogens with one attached hydrogen (secondary N) is 1. The van der Waals surface area contributed by atoms with Gasteiger partial charge >= 0.3 is 6.18 Å². The largest absolute Gasteiger partial charge is 0.416 e. The number of primary amides is 1. The number of hydrogen-bond donors (Lipinski definition) is 2. The Kier molecular flexibility index (Phi) is 5.83. The van der Waals surface area contributed by atoms with Crippen LogP contribution >= 0.6 is 0 Å². The third-order valence-electron chi connectivity index (χ3n) is 4.84. The van der Waals surface area contributed by atoms with Crippen LogP contribution in [0.15, 0.2) is 53.5 Å². The number of aromatic nitrogens is 1. The van der Waals surface area contributed by atoms with Gasteiger partial charge in [0.1, 0.15) is 11.9 Å². The van der Waals surface area contributed by atoms with E-state index in [-0.39, 0.29) is 11.1 Å². The van der Waals surface area contributed by atoms with Crippen molar-refractivity contribution in [2.24, 2.45) is 5.73 Å². The molecule has 2 aromatic carbocycles. The zero-order valence-electron chi connectivity index (χ0n) is 16.2. The van der Waals surface area contributed by atoms with Gasteiger partial charge in [-0.2, -0.15) is 13.2 Å². The Morgan fingerprint density at radius 1 is 1.10 bits per heavy atom. The summed E-state index contributed by atoms with van der Waals surface area (Å²) in [4.78, 5) is 36.5. The van der Waals surface area contributed by atoms with Gasteiger partial charge in [-0.05, 0) is 37.3 Å². The Bertz CT molecular complexity index is 1230. The number of alkyl halides is 3. The summed E-state index contributed by atoms with van der Waals surface area (Å²) in [6.45, 7) is 1.45. The van der Waals surface area contributed by atoms with Crippen LogP contribution in [0.2, 0.25) is 0 Å². The van der Waals surface area contributed by atoms with E-state index in [0.29, 0.717) is 11.5 Å². The van der Waals surface area contributed by atoms with Gasteiger partial charge in [0.25, 0.3) is 5.56 Å². The monoisotopic (exact) mass is 435 g/mol. The molecule has 3 aromatic rings. The van der Waals surface area contributed by atoms with E-state index in [1.54, 1.807) is 0 Å². The van der Waals surface area contributed by atoms with E-state index in [1.807, 2.05) is 0 Å². The molecular weight excluding hydrogens is 418 g/mol. The molecule has 0 aliphatic rings. The molecule has 2 amide bonds. The van der Waals surface area contributed by atoms with Gasteiger partial charge in [0.05, 0.1) is 12.0 Å². The van der Waals surface area contributed by atoms with E-state index in [4.69, 9.17) is 5.73 Å². The molecule has 1 heterocycles. The summed E-state index contributed by atoms with van der Waals surface area (Å²) in [6.07, 6.45) is -4.35. The van der Waals surface area contributed by atoms with Crippen LogP contribution in [0.25, 0.3) is 10.8 Å². The number of pyridine rings is 1. The molecule has 0 aliphatic heterocycles. The van der Waals surface area contributed by atoms with Crippen molar-refractivity contribution >= 4 is 28.3 Å². The summed E-state index contributed by atoms with van der Waals surface area (Å²) in [6, 6.07) is 7.41. The highest BCUT2D eigenvalue weighted by atomic mass is 19.4. The number of fused-ring (bicyclic) bond motifs is 1. The van der Waals surface area contributed by atoms with Crippen LogP contribution in [0, 0.1) is 5.82 Å². The second-order valence-electron chi connectivity index (χ2n) is 6.86. The van der Waals surface area contributed by atoms with Gasteiger partial charge in [0.15, 0.2) is 0 Å². The van der Waals surface area contributed by atoms with Gasteiger partial charge in [-0.1, -0.05) is 12.1 Å². The lowest BCUT2D eigenvalue weighted by molar-refractivity contribution is -0.138. The molecule has 0 bridgehead atoms. The number of nitrogens with zero attached hydrogens (tertiary/aromatic N) is 1. The fourth-order valence-electron chi connectivity index (χ4n) is 3.20. The molecule has 1 unspecified atom stereocenters. The first-order valence-electron chi connectivity index (χ1n) is 9.08. The van der Waals surface area contributed by atoms with Crippen LogP contribution in [0.3, 0.4) is 0 Å². The molecule has 31 heavy (non-hydrogen) atoms. The topological polar surface area (TPSA) is 94.2 Å². The summed E-state index contributed by atoms with van der Waals surface area (Å²) in [5, 5.41) is 2.89. The molecule has 3 rings (SSSR count). The number of carbonyl (C=O) groups is 2. The Morgan fingerprint density at radius 2 is 1.77 bits per heavy atom. The first kappa shape index (κ1) is 22.0. The number of halogens is 4. The molecule has 1 atom stereocenters. The number of rotatable bonds is 5. The smallest absolute Gasteiger partial charge is 0.368 e. The summed E-state index contributed by atoms with van der Waals surface area (Å²) < 4.78 is 54.6. The molecule has 1 aromatic heterocycles. The maximum Gasteiger partial charge on any atom is 0.416 e. The Labute approximate surface area is 173 Å². The van der Waals surface area contributed by atoms with Gasteiger partial charge in [0, 0.05) is 28.2 Å². The van der Waals surface area contributed by atoms with Crippen molar-refractivity contribution in [1.29, 1.82) is 0 Å². The van der Waals surface area contributed by atoms with Gasteiger partial charge in [0.2, 0.25) is 11.8 Å². The molecule has 162 valence electrons. The number of nitrogens with two attached hydrogens (primary N) is 1. The minimum Gasteiger partial charge on any atom is -0.368 e. The van der Waals surface area contributed by atoms with Crippen molar-refractivity contribution < 1.29 is 27.2 Å². The van der Waals surface area contributed by atoms with Crippen molar-refractivity contribution in [3.63, 3.8) is 0 Å². The molecule has 0 radical (unpaired) electrons. The highest BCUT2D eigenvalue weighted by Gasteiger charge is 2.35. The lowest BCUT2D eigenvalue weighted by Gasteiger charge is -2.15. The van der Waals surface area contributed by atoms with Crippen molar-refractivity contribution in [2.45, 2.75) is 25.6 Å². The number of benzene rings is 2. The van der Waals surface area contributed by atoms with Crippen molar-refractivity contribution in [1.82, 2.24) is 4.57 Å². The molecule has 0 saturated carbocycles. The zero-order chi connectivity index (χ0) is 22.9. The fraction of sp³-hybridized carbons (Fsp3) is 0.190. The van der Waals surface area contributed by atoms with Gasteiger partial charge in [-0.3, -0.25) is 14.4 Å². The first-order chi connectivity index (χ1) is 14.5. The van der Waals surface area contributed by atoms with Crippen molar-refractivity contribution in [3.8, 4) is 0 Å². The average molecular weight is 435 g/mol. The zero-order valence-corrected chi connectivity index (χ0v) is 16.2. The van der Waals surface area contributed by atoms with Crippen LogP contribution in [0.5, 0.6) is 0 Å².